The largest absolute Gasteiger partial charge is 0.371 e. The maximum atomic E-state index is 12.7. The first kappa shape index (κ1) is 25.0. The highest BCUT2D eigenvalue weighted by Gasteiger charge is 2.27. The molecule has 9 nitrogen and oxygen atoms in total. The summed E-state index contributed by atoms with van der Waals surface area (Å²) in [5, 5.41) is 11.3. The standard InChI is InChI=1S/C26H32F2N8O/c1-15-18(5-4-6-22(27)28)23-21(30-15)8-7-20(32-23)19-11-14-36-24(19)25(29-3)33-26(34-36)31-17-9-12-35(13-10-17)16(2)37/h7-8,11,14,17-18,22H,4-6,9-10,12-13H2,1-3H3,(H2,29,31,33,34). The molecule has 196 valence electrons. The minimum absolute atomic E-state index is 0.0483. The summed E-state index contributed by atoms with van der Waals surface area (Å²) in [5.74, 6) is 1.25. The van der Waals surface area contributed by atoms with Crippen molar-refractivity contribution in [1.82, 2.24) is 24.5 Å². The molecule has 5 heterocycles. The van der Waals surface area contributed by atoms with Crippen molar-refractivity contribution in [3.05, 3.63) is 30.1 Å². The number of likely N-dealkylation sites (tertiary alicyclic amines) is 1. The van der Waals surface area contributed by atoms with Crippen LogP contribution in [0.4, 0.5) is 26.2 Å². The Kier molecular flexibility index (Phi) is 7.03. The second kappa shape index (κ2) is 10.4. The molecule has 1 fully saturated rings. The number of anilines is 2. The van der Waals surface area contributed by atoms with Crippen molar-refractivity contribution in [2.45, 2.75) is 64.3 Å². The number of halogens is 2. The highest BCUT2D eigenvalue weighted by atomic mass is 19.3. The van der Waals surface area contributed by atoms with Gasteiger partial charge < -0.3 is 15.5 Å². The van der Waals surface area contributed by atoms with Gasteiger partial charge in [0.2, 0.25) is 18.3 Å². The van der Waals surface area contributed by atoms with Gasteiger partial charge in [-0.05, 0) is 50.8 Å². The average molecular weight is 511 g/mol. The van der Waals surface area contributed by atoms with Crippen LogP contribution in [0.3, 0.4) is 0 Å². The summed E-state index contributed by atoms with van der Waals surface area (Å²) in [6.07, 6.45) is 2.18. The maximum Gasteiger partial charge on any atom is 0.243 e. The molecule has 0 aliphatic carbocycles. The summed E-state index contributed by atoms with van der Waals surface area (Å²) in [5.41, 5.74) is 5.01. The molecule has 2 aliphatic rings. The molecule has 1 saturated heterocycles. The Balaban J connectivity index is 1.39. The topological polar surface area (TPSA) is 99.8 Å². The SMILES string of the molecule is CNc1nc(NC2CCN(C(C)=O)CC2)nn2ccc(-c3ccc4c(n3)C(CCCC(F)F)C(C)=N4)c12. The number of hydrogen-bond donors (Lipinski definition) is 2. The summed E-state index contributed by atoms with van der Waals surface area (Å²) in [6.45, 7) is 4.98. The van der Waals surface area contributed by atoms with Crippen molar-refractivity contribution in [1.29, 1.82) is 0 Å². The van der Waals surface area contributed by atoms with Crippen LogP contribution in [0.25, 0.3) is 16.8 Å². The van der Waals surface area contributed by atoms with Crippen molar-refractivity contribution in [2.24, 2.45) is 4.99 Å². The molecule has 3 aromatic rings. The van der Waals surface area contributed by atoms with Crippen LogP contribution in [-0.2, 0) is 4.79 Å². The molecule has 1 amide bonds. The fraction of sp³-hybridized carbons (Fsp3) is 0.500. The van der Waals surface area contributed by atoms with Gasteiger partial charge in [-0.2, -0.15) is 4.98 Å². The molecular weight excluding hydrogens is 478 g/mol. The lowest BCUT2D eigenvalue weighted by Crippen LogP contribution is -2.41. The number of nitrogens with one attached hydrogen (secondary N) is 2. The third kappa shape index (κ3) is 5.12. The summed E-state index contributed by atoms with van der Waals surface area (Å²) in [4.78, 5) is 27.8. The van der Waals surface area contributed by atoms with Crippen molar-refractivity contribution in [3.8, 4) is 11.3 Å². The number of nitrogens with zero attached hydrogens (tertiary/aromatic N) is 6. The Morgan fingerprint density at radius 2 is 1.97 bits per heavy atom. The molecule has 2 aliphatic heterocycles. The summed E-state index contributed by atoms with van der Waals surface area (Å²) >= 11 is 0. The van der Waals surface area contributed by atoms with Gasteiger partial charge in [0.05, 0.1) is 17.1 Å². The van der Waals surface area contributed by atoms with Crippen molar-refractivity contribution >= 4 is 34.6 Å². The van der Waals surface area contributed by atoms with Gasteiger partial charge in [-0.25, -0.2) is 18.3 Å². The number of amides is 1. The fourth-order valence-electron chi connectivity index (χ4n) is 5.24. The molecule has 0 spiro atoms. The Morgan fingerprint density at radius 3 is 2.68 bits per heavy atom. The first-order valence-electron chi connectivity index (χ1n) is 12.8. The molecule has 11 heteroatoms. The molecule has 2 N–H and O–H groups in total. The van der Waals surface area contributed by atoms with Gasteiger partial charge in [-0.3, -0.25) is 9.79 Å². The number of rotatable bonds is 8. The number of carbonyl (C=O) groups is 1. The van der Waals surface area contributed by atoms with Crippen LogP contribution in [0.5, 0.6) is 0 Å². The molecule has 37 heavy (non-hydrogen) atoms. The van der Waals surface area contributed by atoms with Gasteiger partial charge in [0.25, 0.3) is 0 Å². The van der Waals surface area contributed by atoms with E-state index < -0.39 is 6.43 Å². The zero-order valence-electron chi connectivity index (χ0n) is 21.3. The minimum Gasteiger partial charge on any atom is -0.371 e. The smallest absolute Gasteiger partial charge is 0.243 e. The number of piperidine rings is 1. The van der Waals surface area contributed by atoms with Crippen LogP contribution in [0.2, 0.25) is 0 Å². The molecule has 1 unspecified atom stereocenters. The van der Waals surface area contributed by atoms with E-state index in [1.165, 1.54) is 0 Å². The molecule has 0 aromatic carbocycles. The zero-order valence-corrected chi connectivity index (χ0v) is 21.3. The third-order valence-electron chi connectivity index (χ3n) is 7.25. The van der Waals surface area contributed by atoms with E-state index >= 15 is 0 Å². The summed E-state index contributed by atoms with van der Waals surface area (Å²) in [6, 6.07) is 6.03. The second-order valence-electron chi connectivity index (χ2n) is 9.71. The molecule has 0 saturated carbocycles. The van der Waals surface area contributed by atoms with E-state index in [1.807, 2.05) is 43.3 Å². The van der Waals surface area contributed by atoms with Gasteiger partial charge in [0.1, 0.15) is 5.52 Å². The molecule has 0 bridgehead atoms. The summed E-state index contributed by atoms with van der Waals surface area (Å²) in [7, 11) is 1.82. The lowest BCUT2D eigenvalue weighted by Gasteiger charge is -2.31. The summed E-state index contributed by atoms with van der Waals surface area (Å²) < 4.78 is 27.2. The van der Waals surface area contributed by atoms with Crippen LogP contribution >= 0.6 is 0 Å². The van der Waals surface area contributed by atoms with Crippen LogP contribution in [0, 0.1) is 0 Å². The Bertz CT molecular complexity index is 1330. The normalized spacial score (nSPS) is 17.8. The number of fused-ring (bicyclic) bond motifs is 2. The highest BCUT2D eigenvalue weighted by molar-refractivity contribution is 5.96. The van der Waals surface area contributed by atoms with Crippen LogP contribution in [0.15, 0.2) is 29.4 Å². The number of aromatic nitrogens is 4. The van der Waals surface area contributed by atoms with E-state index in [9.17, 15) is 13.6 Å². The van der Waals surface area contributed by atoms with E-state index in [1.54, 1.807) is 11.4 Å². The maximum absolute atomic E-state index is 12.7. The number of aliphatic imine (C=N–C) groups is 1. The zero-order chi connectivity index (χ0) is 26.1. The number of alkyl halides is 2. The first-order chi connectivity index (χ1) is 17.8. The van der Waals surface area contributed by atoms with Crippen LogP contribution < -0.4 is 10.6 Å². The quantitative estimate of drug-likeness (QED) is 0.448. The molecule has 3 aromatic heterocycles. The third-order valence-corrected chi connectivity index (χ3v) is 7.25. The van der Waals surface area contributed by atoms with E-state index in [0.29, 0.717) is 24.6 Å². The number of carbonyl (C=O) groups excluding carboxylic acids is 1. The molecule has 5 rings (SSSR count). The average Bonchev–Trinajstić information content (AvgIpc) is 3.44. The number of pyridine rings is 1. The lowest BCUT2D eigenvalue weighted by molar-refractivity contribution is -0.129. The molecule has 0 radical (unpaired) electrons. The van der Waals surface area contributed by atoms with Gasteiger partial charge in [-0.15, -0.1) is 5.10 Å². The minimum atomic E-state index is -2.29. The first-order valence-corrected chi connectivity index (χ1v) is 12.8. The monoisotopic (exact) mass is 510 g/mol. The highest BCUT2D eigenvalue weighted by Crippen LogP contribution is 2.39. The van der Waals surface area contributed by atoms with Crippen LogP contribution in [0.1, 0.15) is 57.6 Å². The molecular formula is C26H32F2N8O. The van der Waals surface area contributed by atoms with E-state index in [0.717, 1.165) is 59.8 Å². The predicted molar refractivity (Wildman–Crippen MR) is 140 cm³/mol. The predicted octanol–water partition coefficient (Wildman–Crippen LogP) is 4.88. The Hall–Kier alpha value is -3.63. The lowest BCUT2D eigenvalue weighted by atomic mass is 9.94. The van der Waals surface area contributed by atoms with Crippen molar-refractivity contribution in [2.75, 3.05) is 30.8 Å². The van der Waals surface area contributed by atoms with E-state index in [2.05, 4.69) is 20.7 Å². The fourth-order valence-corrected chi connectivity index (χ4v) is 5.24. The van der Waals surface area contributed by atoms with Gasteiger partial charge in [0, 0.05) is 62.9 Å². The van der Waals surface area contributed by atoms with Gasteiger partial charge in [-0.1, -0.05) is 0 Å². The van der Waals surface area contributed by atoms with Crippen molar-refractivity contribution in [3.63, 3.8) is 0 Å². The van der Waals surface area contributed by atoms with E-state index in [-0.39, 0.29) is 24.3 Å². The van der Waals surface area contributed by atoms with E-state index in [4.69, 9.17) is 9.97 Å². The van der Waals surface area contributed by atoms with Gasteiger partial charge in [0.15, 0.2) is 5.82 Å². The van der Waals surface area contributed by atoms with Gasteiger partial charge >= 0.3 is 0 Å². The number of hydrogen-bond acceptors (Lipinski definition) is 7. The Labute approximate surface area is 214 Å². The molecule has 1 atom stereocenters. The Morgan fingerprint density at radius 1 is 1.19 bits per heavy atom. The van der Waals surface area contributed by atoms with Crippen molar-refractivity contribution < 1.29 is 13.6 Å². The van der Waals surface area contributed by atoms with Crippen LogP contribution in [-0.4, -0.2) is 68.7 Å². The second-order valence-corrected chi connectivity index (χ2v) is 9.71.